The maximum absolute atomic E-state index is 5.84. The van der Waals surface area contributed by atoms with Gasteiger partial charge in [0.2, 0.25) is 0 Å². The summed E-state index contributed by atoms with van der Waals surface area (Å²) in [5, 5.41) is 4.14. The van der Waals surface area contributed by atoms with E-state index in [0.29, 0.717) is 6.04 Å². The smallest absolute Gasteiger partial charge is 0.140 e. The molecule has 2 heterocycles. The van der Waals surface area contributed by atoms with Crippen molar-refractivity contribution < 1.29 is 0 Å². The van der Waals surface area contributed by atoms with Crippen LogP contribution >= 0.6 is 0 Å². The Bertz CT molecular complexity index is 295. The summed E-state index contributed by atoms with van der Waals surface area (Å²) in [6.45, 7) is 5.90. The zero-order chi connectivity index (χ0) is 9.97. The van der Waals surface area contributed by atoms with Crippen LogP contribution in [0.2, 0.25) is 0 Å². The van der Waals surface area contributed by atoms with Crippen LogP contribution in [0.5, 0.6) is 0 Å². The van der Waals surface area contributed by atoms with E-state index in [1.165, 1.54) is 0 Å². The monoisotopic (exact) mass is 195 g/mol. The van der Waals surface area contributed by atoms with Crippen LogP contribution in [-0.4, -0.2) is 38.8 Å². The van der Waals surface area contributed by atoms with Gasteiger partial charge in [0.25, 0.3) is 0 Å². The highest BCUT2D eigenvalue weighted by molar-refractivity contribution is 4.88. The second-order valence-electron chi connectivity index (χ2n) is 3.78. The Hall–Kier alpha value is -0.940. The molecule has 0 aliphatic carbocycles. The standard InChI is InChI=1S/C9H17N5/c1-2-14-9(11-7-12-14)6-13-4-3-8(10)5-13/h7-8H,2-6,10H2,1H3/t8-/m1/s1. The number of rotatable bonds is 3. The van der Waals surface area contributed by atoms with Crippen LogP contribution in [0.15, 0.2) is 6.33 Å². The molecule has 0 aromatic carbocycles. The minimum Gasteiger partial charge on any atom is -0.326 e. The number of hydrogen-bond donors (Lipinski definition) is 1. The third-order valence-corrected chi connectivity index (χ3v) is 2.67. The number of likely N-dealkylation sites (tertiary alicyclic amines) is 1. The Kier molecular flexibility index (Phi) is 2.79. The summed E-state index contributed by atoms with van der Waals surface area (Å²) in [6.07, 6.45) is 2.72. The molecule has 1 fully saturated rings. The van der Waals surface area contributed by atoms with Gasteiger partial charge in [-0.15, -0.1) is 0 Å². The number of aromatic nitrogens is 3. The lowest BCUT2D eigenvalue weighted by atomic mass is 10.3. The van der Waals surface area contributed by atoms with E-state index in [1.807, 2.05) is 4.68 Å². The van der Waals surface area contributed by atoms with Gasteiger partial charge in [0.1, 0.15) is 12.2 Å². The molecule has 5 heteroatoms. The topological polar surface area (TPSA) is 60.0 Å². The summed E-state index contributed by atoms with van der Waals surface area (Å²) in [5.74, 6) is 1.04. The van der Waals surface area contributed by atoms with Crippen molar-refractivity contribution in [1.29, 1.82) is 0 Å². The van der Waals surface area contributed by atoms with Gasteiger partial charge in [-0.2, -0.15) is 5.10 Å². The van der Waals surface area contributed by atoms with Gasteiger partial charge >= 0.3 is 0 Å². The summed E-state index contributed by atoms with van der Waals surface area (Å²) in [4.78, 5) is 6.58. The molecule has 1 aromatic heterocycles. The minimum atomic E-state index is 0.341. The molecular weight excluding hydrogens is 178 g/mol. The second kappa shape index (κ2) is 4.06. The molecule has 0 saturated carbocycles. The summed E-state index contributed by atoms with van der Waals surface area (Å²) >= 11 is 0. The molecule has 0 spiro atoms. The van der Waals surface area contributed by atoms with Gasteiger partial charge < -0.3 is 5.73 Å². The lowest BCUT2D eigenvalue weighted by Crippen LogP contribution is -2.27. The van der Waals surface area contributed by atoms with E-state index in [2.05, 4.69) is 21.9 Å². The molecule has 2 rings (SSSR count). The van der Waals surface area contributed by atoms with Gasteiger partial charge in [-0.1, -0.05) is 0 Å². The van der Waals surface area contributed by atoms with Crippen molar-refractivity contribution >= 4 is 0 Å². The average molecular weight is 195 g/mol. The van der Waals surface area contributed by atoms with Crippen LogP contribution in [0.4, 0.5) is 0 Å². The van der Waals surface area contributed by atoms with E-state index in [1.54, 1.807) is 6.33 Å². The molecule has 5 nitrogen and oxygen atoms in total. The molecule has 0 radical (unpaired) electrons. The van der Waals surface area contributed by atoms with Crippen molar-refractivity contribution in [1.82, 2.24) is 19.7 Å². The molecule has 1 saturated heterocycles. The average Bonchev–Trinajstić information content (AvgIpc) is 2.76. The molecule has 1 atom stereocenters. The SMILES string of the molecule is CCn1ncnc1CN1CC[C@@H](N)C1. The van der Waals surface area contributed by atoms with Crippen molar-refractivity contribution in [3.63, 3.8) is 0 Å². The lowest BCUT2D eigenvalue weighted by molar-refractivity contribution is 0.310. The predicted octanol–water partition coefficient (Wildman–Crippen LogP) is -0.169. The molecule has 14 heavy (non-hydrogen) atoms. The molecule has 78 valence electrons. The first-order valence-electron chi connectivity index (χ1n) is 5.14. The fourth-order valence-electron chi connectivity index (χ4n) is 1.88. The number of hydrogen-bond acceptors (Lipinski definition) is 4. The minimum absolute atomic E-state index is 0.341. The fourth-order valence-corrected chi connectivity index (χ4v) is 1.88. The van der Waals surface area contributed by atoms with Crippen molar-refractivity contribution in [3.8, 4) is 0 Å². The van der Waals surface area contributed by atoms with E-state index < -0.39 is 0 Å². The third kappa shape index (κ3) is 1.93. The molecular formula is C9H17N5. The van der Waals surface area contributed by atoms with E-state index in [0.717, 1.165) is 38.4 Å². The highest BCUT2D eigenvalue weighted by atomic mass is 15.3. The number of nitrogens with two attached hydrogens (primary N) is 1. The Morgan fingerprint density at radius 1 is 1.64 bits per heavy atom. The van der Waals surface area contributed by atoms with E-state index in [-0.39, 0.29) is 0 Å². The number of aryl methyl sites for hydroxylation is 1. The Morgan fingerprint density at radius 3 is 3.14 bits per heavy atom. The van der Waals surface area contributed by atoms with Gasteiger partial charge in [0.05, 0.1) is 6.54 Å². The molecule has 0 bridgehead atoms. The molecule has 2 N–H and O–H groups in total. The van der Waals surface area contributed by atoms with Gasteiger partial charge in [0.15, 0.2) is 0 Å². The molecule has 1 aliphatic rings. The maximum Gasteiger partial charge on any atom is 0.140 e. The Labute approximate surface area is 83.9 Å². The molecule has 0 unspecified atom stereocenters. The van der Waals surface area contributed by atoms with Crippen molar-refractivity contribution in [2.75, 3.05) is 13.1 Å². The first-order valence-corrected chi connectivity index (χ1v) is 5.14. The van der Waals surface area contributed by atoms with Crippen LogP contribution in [0, 0.1) is 0 Å². The Balaban J connectivity index is 1.97. The van der Waals surface area contributed by atoms with Crippen LogP contribution in [0.1, 0.15) is 19.2 Å². The first-order chi connectivity index (χ1) is 6.79. The van der Waals surface area contributed by atoms with E-state index in [4.69, 9.17) is 5.73 Å². The Morgan fingerprint density at radius 2 is 2.50 bits per heavy atom. The maximum atomic E-state index is 5.84. The normalized spacial score (nSPS) is 23.1. The zero-order valence-electron chi connectivity index (χ0n) is 8.56. The van der Waals surface area contributed by atoms with Crippen LogP contribution in [0.3, 0.4) is 0 Å². The number of nitrogens with zero attached hydrogens (tertiary/aromatic N) is 4. The predicted molar refractivity (Wildman–Crippen MR) is 53.6 cm³/mol. The summed E-state index contributed by atoms with van der Waals surface area (Å²) in [7, 11) is 0. The summed E-state index contributed by atoms with van der Waals surface area (Å²) in [5.41, 5.74) is 5.84. The van der Waals surface area contributed by atoms with Crippen LogP contribution < -0.4 is 5.73 Å². The molecule has 0 amide bonds. The summed E-state index contributed by atoms with van der Waals surface area (Å²) in [6, 6.07) is 0.341. The highest BCUT2D eigenvalue weighted by Gasteiger charge is 2.20. The van der Waals surface area contributed by atoms with Crippen LogP contribution in [0.25, 0.3) is 0 Å². The van der Waals surface area contributed by atoms with Crippen molar-refractivity contribution in [2.45, 2.75) is 32.5 Å². The lowest BCUT2D eigenvalue weighted by Gasteiger charge is -2.14. The van der Waals surface area contributed by atoms with Crippen molar-refractivity contribution in [2.24, 2.45) is 5.73 Å². The van der Waals surface area contributed by atoms with E-state index >= 15 is 0 Å². The van der Waals surface area contributed by atoms with Gasteiger partial charge in [0, 0.05) is 25.7 Å². The van der Waals surface area contributed by atoms with E-state index in [9.17, 15) is 0 Å². The summed E-state index contributed by atoms with van der Waals surface area (Å²) < 4.78 is 1.93. The van der Waals surface area contributed by atoms with Gasteiger partial charge in [-0.3, -0.25) is 4.90 Å². The van der Waals surface area contributed by atoms with Gasteiger partial charge in [-0.25, -0.2) is 9.67 Å². The largest absolute Gasteiger partial charge is 0.326 e. The first kappa shape index (κ1) is 9.61. The fraction of sp³-hybridized carbons (Fsp3) is 0.778. The third-order valence-electron chi connectivity index (χ3n) is 2.67. The second-order valence-corrected chi connectivity index (χ2v) is 3.78. The molecule has 1 aromatic rings. The molecule has 1 aliphatic heterocycles. The highest BCUT2D eigenvalue weighted by Crippen LogP contribution is 2.10. The van der Waals surface area contributed by atoms with Crippen LogP contribution in [-0.2, 0) is 13.1 Å². The quantitative estimate of drug-likeness (QED) is 0.727. The zero-order valence-corrected chi connectivity index (χ0v) is 8.56. The van der Waals surface area contributed by atoms with Crippen molar-refractivity contribution in [3.05, 3.63) is 12.2 Å². The van der Waals surface area contributed by atoms with Gasteiger partial charge in [-0.05, 0) is 13.3 Å².